The molecular formula is C23H28BrN3O5S. The van der Waals surface area contributed by atoms with E-state index in [1.807, 2.05) is 16.9 Å². The standard InChI is InChI=1S/C23H28BrN3O5S/c1-17(28)25-33(31,32)22-8-4-19(5-9-22)16-27(13-10-18-2-6-20(24)7-3-18)21-11-14-26(15-12-21)23(29)30/h2-9,21H,10-16H2,1H3,(H,25,28)(H,29,30). The first-order chi connectivity index (χ1) is 15.6. The van der Waals surface area contributed by atoms with Crippen LogP contribution >= 0.6 is 15.9 Å². The lowest BCUT2D eigenvalue weighted by Gasteiger charge is -2.38. The first-order valence-corrected chi connectivity index (χ1v) is 13.0. The molecule has 0 bridgehead atoms. The van der Waals surface area contributed by atoms with E-state index in [9.17, 15) is 23.1 Å². The van der Waals surface area contributed by atoms with Crippen LogP contribution in [0.1, 0.15) is 30.9 Å². The molecule has 2 amide bonds. The van der Waals surface area contributed by atoms with Gasteiger partial charge in [0, 0.05) is 43.6 Å². The van der Waals surface area contributed by atoms with Gasteiger partial charge in [-0.15, -0.1) is 0 Å². The minimum absolute atomic E-state index is 0.0395. The fourth-order valence-electron chi connectivity index (χ4n) is 3.99. The number of nitrogens with zero attached hydrogens (tertiary/aromatic N) is 2. The Morgan fingerprint density at radius 1 is 1.06 bits per heavy atom. The van der Waals surface area contributed by atoms with Crippen LogP contribution in [0.3, 0.4) is 0 Å². The molecule has 1 fully saturated rings. The number of benzene rings is 2. The second-order valence-corrected chi connectivity index (χ2v) is 10.8. The molecule has 1 saturated heterocycles. The van der Waals surface area contributed by atoms with Gasteiger partial charge in [0.1, 0.15) is 0 Å². The number of hydrogen-bond acceptors (Lipinski definition) is 5. The number of amides is 2. The number of carboxylic acid groups (broad SMARTS) is 1. The van der Waals surface area contributed by atoms with Crippen molar-refractivity contribution in [3.63, 3.8) is 0 Å². The Labute approximate surface area is 202 Å². The Balaban J connectivity index is 1.72. The molecule has 0 aliphatic carbocycles. The molecule has 0 saturated carbocycles. The highest BCUT2D eigenvalue weighted by atomic mass is 79.9. The van der Waals surface area contributed by atoms with Gasteiger partial charge in [-0.2, -0.15) is 0 Å². The summed E-state index contributed by atoms with van der Waals surface area (Å²) < 4.78 is 27.4. The maximum Gasteiger partial charge on any atom is 0.407 e. The van der Waals surface area contributed by atoms with Crippen molar-refractivity contribution in [1.29, 1.82) is 0 Å². The quantitative estimate of drug-likeness (QED) is 0.533. The molecule has 0 unspecified atom stereocenters. The minimum atomic E-state index is -3.87. The zero-order chi connectivity index (χ0) is 24.0. The van der Waals surface area contributed by atoms with Crippen LogP contribution in [-0.2, 0) is 27.8 Å². The van der Waals surface area contributed by atoms with E-state index in [1.165, 1.54) is 22.6 Å². The van der Waals surface area contributed by atoms with Crippen molar-refractivity contribution in [2.45, 2.75) is 43.7 Å². The number of carbonyl (C=O) groups excluding carboxylic acids is 1. The third-order valence-corrected chi connectivity index (χ3v) is 7.73. The number of nitrogens with one attached hydrogen (secondary N) is 1. The van der Waals surface area contributed by atoms with E-state index >= 15 is 0 Å². The highest BCUT2D eigenvalue weighted by Gasteiger charge is 2.27. The molecule has 178 valence electrons. The molecule has 1 aliphatic rings. The largest absolute Gasteiger partial charge is 0.465 e. The lowest BCUT2D eigenvalue weighted by Crippen LogP contribution is -2.46. The molecular weight excluding hydrogens is 510 g/mol. The number of likely N-dealkylation sites (tertiary alicyclic amines) is 1. The summed E-state index contributed by atoms with van der Waals surface area (Å²) in [6, 6.07) is 14.9. The van der Waals surface area contributed by atoms with Gasteiger partial charge in [-0.05, 0) is 54.7 Å². The van der Waals surface area contributed by atoms with E-state index in [0.717, 1.165) is 42.8 Å². The van der Waals surface area contributed by atoms with Gasteiger partial charge in [0.05, 0.1) is 4.90 Å². The smallest absolute Gasteiger partial charge is 0.407 e. The van der Waals surface area contributed by atoms with Crippen molar-refractivity contribution < 1.29 is 23.1 Å². The van der Waals surface area contributed by atoms with E-state index in [2.05, 4.69) is 33.0 Å². The molecule has 10 heteroatoms. The second kappa shape index (κ2) is 11.1. The van der Waals surface area contributed by atoms with Crippen LogP contribution in [0.2, 0.25) is 0 Å². The Morgan fingerprint density at radius 3 is 2.18 bits per heavy atom. The molecule has 1 aliphatic heterocycles. The highest BCUT2D eigenvalue weighted by molar-refractivity contribution is 9.10. The zero-order valence-corrected chi connectivity index (χ0v) is 20.8. The van der Waals surface area contributed by atoms with Crippen LogP contribution in [0.15, 0.2) is 57.9 Å². The first kappa shape index (κ1) is 25.2. The molecule has 2 N–H and O–H groups in total. The van der Waals surface area contributed by atoms with Crippen LogP contribution in [0.25, 0.3) is 0 Å². The van der Waals surface area contributed by atoms with Crippen LogP contribution in [0.5, 0.6) is 0 Å². The van der Waals surface area contributed by atoms with Crippen molar-refractivity contribution in [2.24, 2.45) is 0 Å². The fraction of sp³-hybridized carbons (Fsp3) is 0.391. The van der Waals surface area contributed by atoms with Crippen molar-refractivity contribution >= 4 is 38.0 Å². The lowest BCUT2D eigenvalue weighted by molar-refractivity contribution is -0.117. The van der Waals surface area contributed by atoms with E-state index in [4.69, 9.17) is 0 Å². The number of rotatable bonds is 8. The molecule has 3 rings (SSSR count). The summed E-state index contributed by atoms with van der Waals surface area (Å²) in [5.41, 5.74) is 2.16. The summed E-state index contributed by atoms with van der Waals surface area (Å²) >= 11 is 3.45. The van der Waals surface area contributed by atoms with Crippen molar-refractivity contribution in [3.05, 3.63) is 64.1 Å². The zero-order valence-electron chi connectivity index (χ0n) is 18.4. The summed E-state index contributed by atoms with van der Waals surface area (Å²) in [7, 11) is -3.87. The van der Waals surface area contributed by atoms with Gasteiger partial charge in [-0.3, -0.25) is 9.69 Å². The molecule has 33 heavy (non-hydrogen) atoms. The number of halogens is 1. The second-order valence-electron chi connectivity index (χ2n) is 8.15. The predicted octanol–water partition coefficient (Wildman–Crippen LogP) is 3.46. The number of hydrogen-bond donors (Lipinski definition) is 2. The van der Waals surface area contributed by atoms with Crippen LogP contribution in [-0.4, -0.2) is 61.0 Å². The molecule has 8 nitrogen and oxygen atoms in total. The molecule has 2 aromatic carbocycles. The van der Waals surface area contributed by atoms with Crippen molar-refractivity contribution in [2.75, 3.05) is 19.6 Å². The Kier molecular flexibility index (Phi) is 8.50. The fourth-order valence-corrected chi connectivity index (χ4v) is 5.25. The number of carbonyl (C=O) groups is 2. The SMILES string of the molecule is CC(=O)NS(=O)(=O)c1ccc(CN(CCc2ccc(Br)cc2)C2CCN(C(=O)O)CC2)cc1. The van der Waals surface area contributed by atoms with Gasteiger partial charge >= 0.3 is 6.09 Å². The van der Waals surface area contributed by atoms with Crippen LogP contribution < -0.4 is 4.72 Å². The van der Waals surface area contributed by atoms with E-state index < -0.39 is 22.0 Å². The molecule has 0 atom stereocenters. The minimum Gasteiger partial charge on any atom is -0.465 e. The molecule has 1 heterocycles. The van der Waals surface area contributed by atoms with Gasteiger partial charge in [0.25, 0.3) is 10.0 Å². The van der Waals surface area contributed by atoms with Crippen LogP contribution in [0.4, 0.5) is 4.79 Å². The Hall–Kier alpha value is -2.43. The number of piperidine rings is 1. The number of sulfonamides is 1. The maximum absolute atomic E-state index is 12.2. The summed E-state index contributed by atoms with van der Waals surface area (Å²) in [5.74, 6) is -0.633. The van der Waals surface area contributed by atoms with Gasteiger partial charge in [-0.25, -0.2) is 17.9 Å². The van der Waals surface area contributed by atoms with Gasteiger partial charge < -0.3 is 10.0 Å². The normalized spacial score (nSPS) is 14.9. The van der Waals surface area contributed by atoms with E-state index in [-0.39, 0.29) is 10.9 Å². The third kappa shape index (κ3) is 7.28. The topological polar surface area (TPSA) is 107 Å². The first-order valence-electron chi connectivity index (χ1n) is 10.7. The van der Waals surface area contributed by atoms with E-state index in [1.54, 1.807) is 12.1 Å². The molecule has 2 aromatic rings. The molecule has 0 radical (unpaired) electrons. The Morgan fingerprint density at radius 2 is 1.64 bits per heavy atom. The van der Waals surface area contributed by atoms with Gasteiger partial charge in [0.15, 0.2) is 0 Å². The molecule has 0 aromatic heterocycles. The maximum atomic E-state index is 12.2. The average molecular weight is 538 g/mol. The van der Waals surface area contributed by atoms with Crippen LogP contribution in [0, 0.1) is 0 Å². The summed E-state index contributed by atoms with van der Waals surface area (Å²) in [5, 5.41) is 9.25. The predicted molar refractivity (Wildman–Crippen MR) is 128 cm³/mol. The average Bonchev–Trinajstić information content (AvgIpc) is 2.77. The van der Waals surface area contributed by atoms with Crippen molar-refractivity contribution in [1.82, 2.24) is 14.5 Å². The summed E-state index contributed by atoms with van der Waals surface area (Å²) in [6.45, 7) is 3.58. The molecule has 0 spiro atoms. The van der Waals surface area contributed by atoms with Gasteiger partial charge in [-0.1, -0.05) is 40.2 Å². The van der Waals surface area contributed by atoms with Gasteiger partial charge in [0.2, 0.25) is 5.91 Å². The lowest BCUT2D eigenvalue weighted by atomic mass is 10.0. The van der Waals surface area contributed by atoms with Crippen molar-refractivity contribution in [3.8, 4) is 0 Å². The third-order valence-electron chi connectivity index (χ3n) is 5.75. The summed E-state index contributed by atoms with van der Waals surface area (Å²) in [6.07, 6.45) is 1.47. The monoisotopic (exact) mass is 537 g/mol. The Bertz CT molecular complexity index is 1070. The summed E-state index contributed by atoms with van der Waals surface area (Å²) in [4.78, 5) is 26.3. The highest BCUT2D eigenvalue weighted by Crippen LogP contribution is 2.21. The van der Waals surface area contributed by atoms with E-state index in [0.29, 0.717) is 19.6 Å².